The first kappa shape index (κ1) is 11.2. The van der Waals surface area contributed by atoms with Crippen LogP contribution in [0.2, 0.25) is 0 Å². The molecule has 1 aromatic carbocycles. The quantitative estimate of drug-likeness (QED) is 0.589. The Morgan fingerprint density at radius 1 is 1.00 bits per heavy atom. The zero-order chi connectivity index (χ0) is 9.40. The normalized spacial score (nSPS) is 8.67. The lowest BCUT2D eigenvalue weighted by atomic mass is 10.1. The van der Waals surface area contributed by atoms with Crippen LogP contribution in [0.3, 0.4) is 0 Å². The van der Waals surface area contributed by atoms with Gasteiger partial charge in [0.15, 0.2) is 0 Å². The van der Waals surface area contributed by atoms with E-state index in [1.165, 1.54) is 17.5 Å². The molecule has 0 unspecified atom stereocenters. The first-order valence-electron chi connectivity index (χ1n) is 4.80. The lowest BCUT2D eigenvalue weighted by Gasteiger charge is -1.98. The Kier molecular flexibility index (Phi) is 6.45. The molecule has 0 N–H and O–H groups in total. The van der Waals surface area contributed by atoms with Gasteiger partial charge in [0.05, 0.1) is 0 Å². The Hall–Kier alpha value is -0.780. The summed E-state index contributed by atoms with van der Waals surface area (Å²) >= 11 is 0. The Labute approximate surface area is 76.6 Å². The van der Waals surface area contributed by atoms with Gasteiger partial charge in [0.25, 0.3) is 0 Å². The molecule has 0 saturated carbocycles. The summed E-state index contributed by atoms with van der Waals surface area (Å²) in [6.07, 6.45) is 2.40. The van der Waals surface area contributed by atoms with Crippen LogP contribution < -0.4 is 0 Å². The van der Waals surface area contributed by atoms with Crippen LogP contribution in [0.15, 0.2) is 24.3 Å². The molecule has 1 rings (SSSR count). The number of hydrogen-bond donors (Lipinski definition) is 0. The lowest BCUT2D eigenvalue weighted by Crippen LogP contribution is -1.82. The molecular weight excluding hydrogens is 144 g/mol. The van der Waals surface area contributed by atoms with Crippen molar-refractivity contribution in [3.8, 4) is 0 Å². The lowest BCUT2D eigenvalue weighted by molar-refractivity contribution is 1.09. The molecular formula is C12H20. The van der Waals surface area contributed by atoms with E-state index in [0.717, 1.165) is 6.42 Å². The summed E-state index contributed by atoms with van der Waals surface area (Å²) in [7, 11) is 0. The monoisotopic (exact) mass is 164 g/mol. The Morgan fingerprint density at radius 2 is 1.50 bits per heavy atom. The molecule has 0 aliphatic heterocycles. The Morgan fingerprint density at radius 3 is 1.83 bits per heavy atom. The molecule has 0 amide bonds. The fourth-order valence-electron chi connectivity index (χ4n) is 1.01. The van der Waals surface area contributed by atoms with Crippen molar-refractivity contribution in [2.45, 2.75) is 40.5 Å². The standard InChI is InChI=1S/C9H12.C3H8/c1-3-9-7-5-4-6-8(9)2;1-3-2/h4-7H,3H2,1-2H3;3H2,1-2H3. The topological polar surface area (TPSA) is 0 Å². The molecule has 0 spiro atoms. The van der Waals surface area contributed by atoms with Gasteiger partial charge in [-0.3, -0.25) is 0 Å². The molecule has 0 atom stereocenters. The maximum absolute atomic E-state index is 2.18. The highest BCUT2D eigenvalue weighted by atomic mass is 13.9. The van der Waals surface area contributed by atoms with E-state index in [1.54, 1.807) is 0 Å². The molecule has 1 aromatic rings. The van der Waals surface area contributed by atoms with Gasteiger partial charge in [-0.05, 0) is 24.5 Å². The second-order valence-electron chi connectivity index (χ2n) is 2.99. The van der Waals surface area contributed by atoms with E-state index >= 15 is 0 Å². The van der Waals surface area contributed by atoms with Gasteiger partial charge in [-0.1, -0.05) is 51.5 Å². The van der Waals surface area contributed by atoms with E-state index in [1.807, 2.05) is 0 Å². The number of rotatable bonds is 1. The first-order valence-corrected chi connectivity index (χ1v) is 4.80. The summed E-state index contributed by atoms with van der Waals surface area (Å²) in [5.74, 6) is 0. The van der Waals surface area contributed by atoms with Crippen LogP contribution in [-0.4, -0.2) is 0 Å². The van der Waals surface area contributed by atoms with Crippen molar-refractivity contribution in [3.05, 3.63) is 35.4 Å². The van der Waals surface area contributed by atoms with E-state index in [-0.39, 0.29) is 0 Å². The SMILES string of the molecule is CCC.CCc1ccccc1C. The molecule has 0 fully saturated rings. The average Bonchev–Trinajstić information content (AvgIpc) is 2.07. The van der Waals surface area contributed by atoms with Gasteiger partial charge in [0.2, 0.25) is 0 Å². The second-order valence-corrected chi connectivity index (χ2v) is 2.99. The van der Waals surface area contributed by atoms with Gasteiger partial charge >= 0.3 is 0 Å². The van der Waals surface area contributed by atoms with E-state index in [4.69, 9.17) is 0 Å². The van der Waals surface area contributed by atoms with Crippen molar-refractivity contribution < 1.29 is 0 Å². The molecule has 0 aliphatic carbocycles. The maximum atomic E-state index is 2.18. The third kappa shape index (κ3) is 4.17. The summed E-state index contributed by atoms with van der Waals surface area (Å²) < 4.78 is 0. The zero-order valence-electron chi connectivity index (χ0n) is 8.72. The van der Waals surface area contributed by atoms with Gasteiger partial charge in [-0.15, -0.1) is 0 Å². The van der Waals surface area contributed by atoms with Gasteiger partial charge in [0, 0.05) is 0 Å². The van der Waals surface area contributed by atoms with Crippen LogP contribution in [0.4, 0.5) is 0 Å². The van der Waals surface area contributed by atoms with E-state index < -0.39 is 0 Å². The third-order valence-electron chi connectivity index (χ3n) is 1.64. The summed E-state index contributed by atoms with van der Waals surface area (Å²) in [5.41, 5.74) is 2.86. The van der Waals surface area contributed by atoms with Crippen molar-refractivity contribution in [3.63, 3.8) is 0 Å². The highest BCUT2D eigenvalue weighted by Gasteiger charge is 1.89. The van der Waals surface area contributed by atoms with Gasteiger partial charge in [-0.25, -0.2) is 0 Å². The molecule has 0 aromatic heterocycles. The van der Waals surface area contributed by atoms with E-state index in [0.29, 0.717) is 0 Å². The molecule has 0 bridgehead atoms. The van der Waals surface area contributed by atoms with Crippen LogP contribution in [-0.2, 0) is 6.42 Å². The molecule has 0 saturated heterocycles. The molecule has 68 valence electrons. The first-order chi connectivity index (χ1) is 5.76. The molecule has 12 heavy (non-hydrogen) atoms. The minimum atomic E-state index is 1.15. The molecule has 0 nitrogen and oxygen atoms in total. The average molecular weight is 164 g/mol. The van der Waals surface area contributed by atoms with Crippen molar-refractivity contribution in [2.24, 2.45) is 0 Å². The van der Waals surface area contributed by atoms with Gasteiger partial charge in [0.1, 0.15) is 0 Å². The van der Waals surface area contributed by atoms with Crippen molar-refractivity contribution in [2.75, 3.05) is 0 Å². The molecule has 0 aliphatic rings. The highest BCUT2D eigenvalue weighted by Crippen LogP contribution is 2.06. The van der Waals surface area contributed by atoms with Crippen molar-refractivity contribution in [1.29, 1.82) is 0 Å². The Balaban J connectivity index is 0.000000354. The predicted octanol–water partition coefficient (Wildman–Crippen LogP) is 3.97. The van der Waals surface area contributed by atoms with E-state index in [9.17, 15) is 0 Å². The van der Waals surface area contributed by atoms with Crippen LogP contribution in [0.25, 0.3) is 0 Å². The highest BCUT2D eigenvalue weighted by molar-refractivity contribution is 5.24. The predicted molar refractivity (Wildman–Crippen MR) is 56.5 cm³/mol. The summed E-state index contributed by atoms with van der Waals surface area (Å²) in [5, 5.41) is 0. The van der Waals surface area contributed by atoms with Crippen molar-refractivity contribution in [1.82, 2.24) is 0 Å². The third-order valence-corrected chi connectivity index (χ3v) is 1.64. The van der Waals surface area contributed by atoms with Crippen molar-refractivity contribution >= 4 is 0 Å². The van der Waals surface area contributed by atoms with Crippen LogP contribution in [0.5, 0.6) is 0 Å². The fourth-order valence-corrected chi connectivity index (χ4v) is 1.01. The Bertz CT molecular complexity index is 201. The van der Waals surface area contributed by atoms with Crippen LogP contribution >= 0.6 is 0 Å². The van der Waals surface area contributed by atoms with Gasteiger partial charge < -0.3 is 0 Å². The second kappa shape index (κ2) is 6.90. The maximum Gasteiger partial charge on any atom is -0.0305 e. The smallest absolute Gasteiger partial charge is 0.0305 e. The minimum Gasteiger partial charge on any atom is -0.0656 e. The van der Waals surface area contributed by atoms with Crippen LogP contribution in [0.1, 0.15) is 38.3 Å². The van der Waals surface area contributed by atoms with Crippen LogP contribution in [0, 0.1) is 6.92 Å². The number of hydrogen-bond acceptors (Lipinski definition) is 0. The molecule has 0 radical (unpaired) electrons. The number of aryl methyl sites for hydroxylation is 2. The molecule has 0 heterocycles. The zero-order valence-corrected chi connectivity index (χ0v) is 8.72. The summed E-state index contributed by atoms with van der Waals surface area (Å²) in [6, 6.07) is 8.49. The summed E-state index contributed by atoms with van der Waals surface area (Å²) in [4.78, 5) is 0. The number of benzene rings is 1. The fraction of sp³-hybridized carbons (Fsp3) is 0.500. The van der Waals surface area contributed by atoms with E-state index in [2.05, 4.69) is 52.0 Å². The largest absolute Gasteiger partial charge is 0.0656 e. The van der Waals surface area contributed by atoms with Gasteiger partial charge in [-0.2, -0.15) is 0 Å². The summed E-state index contributed by atoms with van der Waals surface area (Å²) in [6.45, 7) is 8.58. The molecule has 0 heteroatoms. The minimum absolute atomic E-state index is 1.15.